The first-order valence-corrected chi connectivity index (χ1v) is 10.5. The summed E-state index contributed by atoms with van der Waals surface area (Å²) in [4.78, 5) is 0. The van der Waals surface area contributed by atoms with E-state index in [9.17, 15) is 0 Å². The molecule has 2 heteroatoms. The van der Waals surface area contributed by atoms with Crippen LogP contribution in [0, 0.1) is 0 Å². The molecule has 0 unspecified atom stereocenters. The molecule has 0 saturated carbocycles. The Morgan fingerprint density at radius 3 is 2.40 bits per heavy atom. The van der Waals surface area contributed by atoms with Crippen molar-refractivity contribution in [3.8, 4) is 11.1 Å². The van der Waals surface area contributed by atoms with Crippen LogP contribution < -0.4 is 0 Å². The minimum Gasteiger partial charge on any atom is -0.456 e. The number of para-hydroxylation sites is 1. The second-order valence-electron chi connectivity index (χ2n) is 9.04. The maximum Gasteiger partial charge on any atom is 0.136 e. The maximum atomic E-state index is 6.19. The van der Waals surface area contributed by atoms with Gasteiger partial charge in [0, 0.05) is 39.5 Å². The summed E-state index contributed by atoms with van der Waals surface area (Å²) in [6.07, 6.45) is 0. The summed E-state index contributed by atoms with van der Waals surface area (Å²) in [5, 5.41) is 5.02. The van der Waals surface area contributed by atoms with E-state index in [-0.39, 0.29) is 5.41 Å². The second-order valence-corrected chi connectivity index (χ2v) is 9.04. The van der Waals surface area contributed by atoms with E-state index in [1.807, 2.05) is 6.07 Å². The molecule has 0 aliphatic heterocycles. The minimum absolute atomic E-state index is 0.0366. The maximum absolute atomic E-state index is 6.19. The van der Waals surface area contributed by atoms with Crippen molar-refractivity contribution in [2.75, 3.05) is 0 Å². The highest BCUT2D eigenvalue weighted by Crippen LogP contribution is 2.53. The Morgan fingerprint density at radius 1 is 0.700 bits per heavy atom. The predicted molar refractivity (Wildman–Crippen MR) is 125 cm³/mol. The van der Waals surface area contributed by atoms with Crippen molar-refractivity contribution in [2.45, 2.75) is 19.3 Å². The number of benzene rings is 4. The number of aryl methyl sites for hydroxylation is 1. The SMILES string of the molecule is Cn1c2ccc3oc4ccccc4c3c2c2ccc3c(c21)C(C)(C)c1ccccc1-3. The topological polar surface area (TPSA) is 18.1 Å². The molecule has 30 heavy (non-hydrogen) atoms. The lowest BCUT2D eigenvalue weighted by molar-refractivity contribution is 0.662. The van der Waals surface area contributed by atoms with Crippen molar-refractivity contribution in [1.29, 1.82) is 0 Å². The zero-order valence-corrected chi connectivity index (χ0v) is 17.3. The first-order chi connectivity index (χ1) is 14.6. The third-order valence-electron chi connectivity index (χ3n) is 7.18. The average Bonchev–Trinajstić information content (AvgIpc) is 3.35. The van der Waals surface area contributed by atoms with Gasteiger partial charge in [0.25, 0.3) is 0 Å². The van der Waals surface area contributed by atoms with Gasteiger partial charge < -0.3 is 8.98 Å². The van der Waals surface area contributed by atoms with Crippen molar-refractivity contribution < 1.29 is 4.42 Å². The van der Waals surface area contributed by atoms with E-state index >= 15 is 0 Å². The molecule has 7 rings (SSSR count). The molecule has 6 aromatic rings. The lowest BCUT2D eigenvalue weighted by Crippen LogP contribution is -2.16. The van der Waals surface area contributed by atoms with E-state index in [1.54, 1.807) is 0 Å². The minimum atomic E-state index is -0.0366. The van der Waals surface area contributed by atoms with Crippen LogP contribution in [0.15, 0.2) is 77.2 Å². The molecule has 1 aliphatic rings. The summed E-state index contributed by atoms with van der Waals surface area (Å²) in [5.74, 6) is 0. The van der Waals surface area contributed by atoms with Gasteiger partial charge in [0.1, 0.15) is 11.2 Å². The monoisotopic (exact) mass is 387 g/mol. The lowest BCUT2D eigenvalue weighted by atomic mass is 9.81. The standard InChI is InChI=1S/C28H21NO/c1-28(2)20-10-6-4-8-16(20)17-12-13-19-24-21(29(3)27(19)26(17)28)14-15-23-25(24)18-9-5-7-11-22(18)30-23/h4-15H,1-3H3. The molecule has 2 heterocycles. The first kappa shape index (κ1) is 16.3. The average molecular weight is 387 g/mol. The molecule has 0 amide bonds. The summed E-state index contributed by atoms with van der Waals surface area (Å²) in [6, 6.07) is 26.2. The van der Waals surface area contributed by atoms with Gasteiger partial charge in [-0.3, -0.25) is 0 Å². The third kappa shape index (κ3) is 1.72. The molecular weight excluding hydrogens is 366 g/mol. The number of nitrogens with zero attached hydrogens (tertiary/aromatic N) is 1. The third-order valence-corrected chi connectivity index (χ3v) is 7.18. The summed E-state index contributed by atoms with van der Waals surface area (Å²) < 4.78 is 8.58. The molecule has 0 bridgehead atoms. The molecule has 0 atom stereocenters. The zero-order chi connectivity index (χ0) is 20.2. The number of aromatic nitrogens is 1. The van der Waals surface area contributed by atoms with Gasteiger partial charge in [-0.15, -0.1) is 0 Å². The van der Waals surface area contributed by atoms with E-state index in [4.69, 9.17) is 4.42 Å². The molecule has 0 spiro atoms. The number of rotatable bonds is 0. The van der Waals surface area contributed by atoms with Gasteiger partial charge >= 0.3 is 0 Å². The normalized spacial score (nSPS) is 14.8. The van der Waals surface area contributed by atoms with Crippen LogP contribution in [-0.4, -0.2) is 4.57 Å². The fourth-order valence-electron chi connectivity index (χ4n) is 5.87. The second kappa shape index (κ2) is 5.14. The van der Waals surface area contributed by atoms with Crippen LogP contribution in [0.5, 0.6) is 0 Å². The number of furan rings is 1. The molecule has 144 valence electrons. The highest BCUT2D eigenvalue weighted by Gasteiger charge is 2.38. The Morgan fingerprint density at radius 2 is 1.50 bits per heavy atom. The van der Waals surface area contributed by atoms with E-state index in [1.165, 1.54) is 54.8 Å². The molecule has 2 nitrogen and oxygen atoms in total. The number of hydrogen-bond donors (Lipinski definition) is 0. The molecule has 0 radical (unpaired) electrons. The smallest absolute Gasteiger partial charge is 0.136 e. The Hall–Kier alpha value is -3.52. The van der Waals surface area contributed by atoms with Crippen LogP contribution in [0.1, 0.15) is 25.0 Å². The van der Waals surface area contributed by atoms with Crippen molar-refractivity contribution in [2.24, 2.45) is 7.05 Å². The highest BCUT2D eigenvalue weighted by molar-refractivity contribution is 6.27. The van der Waals surface area contributed by atoms with E-state index in [2.05, 4.69) is 92.2 Å². The molecule has 0 saturated heterocycles. The van der Waals surface area contributed by atoms with Crippen LogP contribution >= 0.6 is 0 Å². The van der Waals surface area contributed by atoms with Gasteiger partial charge in [-0.05, 0) is 40.5 Å². The van der Waals surface area contributed by atoms with Crippen molar-refractivity contribution in [1.82, 2.24) is 4.57 Å². The van der Waals surface area contributed by atoms with Gasteiger partial charge in [0.15, 0.2) is 0 Å². The molecule has 0 N–H and O–H groups in total. The predicted octanol–water partition coefficient (Wildman–Crippen LogP) is 7.54. The van der Waals surface area contributed by atoms with Crippen molar-refractivity contribution in [3.63, 3.8) is 0 Å². The summed E-state index contributed by atoms with van der Waals surface area (Å²) in [5.41, 5.74) is 10.0. The Labute approximate surface area is 174 Å². The first-order valence-electron chi connectivity index (χ1n) is 10.5. The van der Waals surface area contributed by atoms with Crippen LogP contribution in [0.2, 0.25) is 0 Å². The van der Waals surface area contributed by atoms with E-state index in [0.717, 1.165) is 11.2 Å². The van der Waals surface area contributed by atoms with Gasteiger partial charge in [-0.25, -0.2) is 0 Å². The summed E-state index contributed by atoms with van der Waals surface area (Å²) in [7, 11) is 2.21. The number of fused-ring (bicyclic) bond motifs is 11. The van der Waals surface area contributed by atoms with Gasteiger partial charge in [0.2, 0.25) is 0 Å². The van der Waals surface area contributed by atoms with Gasteiger partial charge in [-0.2, -0.15) is 0 Å². The molecule has 2 aromatic heterocycles. The van der Waals surface area contributed by atoms with Gasteiger partial charge in [0.05, 0.1) is 5.52 Å². The van der Waals surface area contributed by atoms with Crippen molar-refractivity contribution >= 4 is 43.7 Å². The Bertz CT molecular complexity index is 1680. The fraction of sp³-hybridized carbons (Fsp3) is 0.143. The van der Waals surface area contributed by atoms with E-state index in [0.29, 0.717) is 0 Å². The van der Waals surface area contributed by atoms with E-state index < -0.39 is 0 Å². The molecule has 0 fully saturated rings. The largest absolute Gasteiger partial charge is 0.456 e. The van der Waals surface area contributed by atoms with Crippen LogP contribution in [0.4, 0.5) is 0 Å². The lowest BCUT2D eigenvalue weighted by Gasteiger charge is -2.23. The highest BCUT2D eigenvalue weighted by atomic mass is 16.3. The Kier molecular flexibility index (Phi) is 2.79. The summed E-state index contributed by atoms with van der Waals surface area (Å²) >= 11 is 0. The van der Waals surface area contributed by atoms with Crippen LogP contribution in [0.25, 0.3) is 54.9 Å². The molecule has 4 aromatic carbocycles. The molecule has 1 aliphatic carbocycles. The zero-order valence-electron chi connectivity index (χ0n) is 17.3. The van der Waals surface area contributed by atoms with Gasteiger partial charge in [-0.1, -0.05) is 68.4 Å². The number of hydrogen-bond acceptors (Lipinski definition) is 1. The van der Waals surface area contributed by atoms with Crippen LogP contribution in [0.3, 0.4) is 0 Å². The van der Waals surface area contributed by atoms with Crippen LogP contribution in [-0.2, 0) is 12.5 Å². The fourth-order valence-corrected chi connectivity index (χ4v) is 5.87. The summed E-state index contributed by atoms with van der Waals surface area (Å²) in [6.45, 7) is 4.72. The Balaban J connectivity index is 1.74. The quantitative estimate of drug-likeness (QED) is 0.263. The van der Waals surface area contributed by atoms with Crippen molar-refractivity contribution in [3.05, 3.63) is 83.9 Å². The molecular formula is C28H21NO.